The van der Waals surface area contributed by atoms with Gasteiger partial charge in [-0.3, -0.25) is 4.79 Å². The molecule has 2 rings (SSSR count). The summed E-state index contributed by atoms with van der Waals surface area (Å²) in [4.78, 5) is 16.1. The molecule has 19 heavy (non-hydrogen) atoms. The van der Waals surface area contributed by atoms with E-state index < -0.39 is 0 Å². The minimum absolute atomic E-state index is 0.0302. The summed E-state index contributed by atoms with van der Waals surface area (Å²) in [5.41, 5.74) is 1.25. The SMILES string of the molecule is CN(C)CC1NCCN(c2ccccc2C#N)C1=O. The van der Waals surface area contributed by atoms with Gasteiger partial charge in [0, 0.05) is 19.6 Å². The number of nitriles is 1. The summed E-state index contributed by atoms with van der Waals surface area (Å²) in [6.07, 6.45) is 0. The van der Waals surface area contributed by atoms with Crippen LogP contribution in [-0.4, -0.2) is 50.6 Å². The van der Waals surface area contributed by atoms with Crippen molar-refractivity contribution in [3.63, 3.8) is 0 Å². The molecule has 1 fully saturated rings. The molecule has 1 N–H and O–H groups in total. The molecule has 1 atom stereocenters. The molecule has 1 aromatic rings. The summed E-state index contributed by atoms with van der Waals surface area (Å²) < 4.78 is 0. The molecule has 100 valence electrons. The topological polar surface area (TPSA) is 59.4 Å². The average molecular weight is 258 g/mol. The maximum Gasteiger partial charge on any atom is 0.245 e. The standard InChI is InChI=1S/C14H18N4O/c1-17(2)10-12-14(19)18(8-7-16-12)13-6-4-3-5-11(13)9-15/h3-6,12,16H,7-8,10H2,1-2H3. The second-order valence-corrected chi connectivity index (χ2v) is 4.89. The Morgan fingerprint density at radius 3 is 2.89 bits per heavy atom. The number of piperazine rings is 1. The van der Waals surface area contributed by atoms with Gasteiger partial charge in [-0.05, 0) is 26.2 Å². The first kappa shape index (κ1) is 13.5. The number of amides is 1. The zero-order chi connectivity index (χ0) is 13.8. The van der Waals surface area contributed by atoms with Crippen LogP contribution in [0.5, 0.6) is 0 Å². The molecule has 0 saturated carbocycles. The summed E-state index contributed by atoms with van der Waals surface area (Å²) in [5.74, 6) is 0.0302. The van der Waals surface area contributed by atoms with Gasteiger partial charge in [0.05, 0.1) is 11.3 Å². The van der Waals surface area contributed by atoms with Gasteiger partial charge in [0.15, 0.2) is 0 Å². The van der Waals surface area contributed by atoms with E-state index in [9.17, 15) is 4.79 Å². The molecule has 0 spiro atoms. The number of carbonyl (C=O) groups is 1. The van der Waals surface area contributed by atoms with E-state index in [-0.39, 0.29) is 11.9 Å². The quantitative estimate of drug-likeness (QED) is 0.854. The van der Waals surface area contributed by atoms with Crippen molar-refractivity contribution in [2.45, 2.75) is 6.04 Å². The molecule has 0 aromatic heterocycles. The molecule has 0 aliphatic carbocycles. The highest BCUT2D eigenvalue weighted by molar-refractivity contribution is 5.99. The third-order valence-corrected chi connectivity index (χ3v) is 3.15. The van der Waals surface area contributed by atoms with Crippen LogP contribution in [0.15, 0.2) is 24.3 Å². The zero-order valence-corrected chi connectivity index (χ0v) is 11.3. The minimum atomic E-state index is -0.213. The maximum atomic E-state index is 12.5. The van der Waals surface area contributed by atoms with Gasteiger partial charge in [-0.2, -0.15) is 5.26 Å². The highest BCUT2D eigenvalue weighted by Gasteiger charge is 2.30. The second-order valence-electron chi connectivity index (χ2n) is 4.89. The van der Waals surface area contributed by atoms with E-state index in [1.165, 1.54) is 0 Å². The lowest BCUT2D eigenvalue weighted by Crippen LogP contribution is -2.58. The van der Waals surface area contributed by atoms with E-state index in [4.69, 9.17) is 5.26 Å². The summed E-state index contributed by atoms with van der Waals surface area (Å²) in [6.45, 7) is 2.00. The van der Waals surface area contributed by atoms with Crippen LogP contribution in [0.25, 0.3) is 0 Å². The van der Waals surface area contributed by atoms with Gasteiger partial charge in [0.25, 0.3) is 0 Å². The van der Waals surface area contributed by atoms with Crippen LogP contribution in [0, 0.1) is 11.3 Å². The number of hydrogen-bond acceptors (Lipinski definition) is 4. The summed E-state index contributed by atoms with van der Waals surface area (Å²) >= 11 is 0. The third-order valence-electron chi connectivity index (χ3n) is 3.15. The van der Waals surface area contributed by atoms with E-state index in [0.717, 1.165) is 6.54 Å². The van der Waals surface area contributed by atoms with E-state index >= 15 is 0 Å². The van der Waals surface area contributed by atoms with Crippen LogP contribution in [-0.2, 0) is 4.79 Å². The van der Waals surface area contributed by atoms with Crippen molar-refractivity contribution in [1.82, 2.24) is 10.2 Å². The van der Waals surface area contributed by atoms with Crippen molar-refractivity contribution in [3.05, 3.63) is 29.8 Å². The van der Waals surface area contributed by atoms with Gasteiger partial charge in [-0.15, -0.1) is 0 Å². The molecule has 0 bridgehead atoms. The Labute approximate surface area is 113 Å². The lowest BCUT2D eigenvalue weighted by Gasteiger charge is -2.34. The number of anilines is 1. The maximum absolute atomic E-state index is 12.5. The fraction of sp³-hybridized carbons (Fsp3) is 0.429. The van der Waals surface area contributed by atoms with E-state index in [1.807, 2.05) is 37.2 Å². The Balaban J connectivity index is 2.25. The number of nitrogens with zero attached hydrogens (tertiary/aromatic N) is 3. The first-order valence-electron chi connectivity index (χ1n) is 6.32. The van der Waals surface area contributed by atoms with Crippen molar-refractivity contribution >= 4 is 11.6 Å². The molecule has 1 saturated heterocycles. The molecule has 5 nitrogen and oxygen atoms in total. The third kappa shape index (κ3) is 2.92. The van der Waals surface area contributed by atoms with Crippen molar-refractivity contribution in [3.8, 4) is 6.07 Å². The molecule has 0 radical (unpaired) electrons. The minimum Gasteiger partial charge on any atom is -0.308 e. The Morgan fingerprint density at radius 1 is 1.47 bits per heavy atom. The number of carbonyl (C=O) groups excluding carboxylic acids is 1. The van der Waals surface area contributed by atoms with Crippen LogP contribution < -0.4 is 10.2 Å². The Bertz CT molecular complexity index is 506. The van der Waals surface area contributed by atoms with Crippen molar-refractivity contribution in [2.75, 3.05) is 38.6 Å². The highest BCUT2D eigenvalue weighted by Crippen LogP contribution is 2.21. The number of likely N-dealkylation sites (N-methyl/N-ethyl adjacent to an activating group) is 1. The van der Waals surface area contributed by atoms with Gasteiger partial charge in [0.1, 0.15) is 12.1 Å². The van der Waals surface area contributed by atoms with Crippen LogP contribution in [0.3, 0.4) is 0 Å². The Kier molecular flexibility index (Phi) is 4.15. The Hall–Kier alpha value is -1.90. The van der Waals surface area contributed by atoms with E-state index in [2.05, 4.69) is 11.4 Å². The zero-order valence-electron chi connectivity index (χ0n) is 11.3. The molecule has 1 unspecified atom stereocenters. The van der Waals surface area contributed by atoms with E-state index in [0.29, 0.717) is 24.3 Å². The molecule has 1 aliphatic heterocycles. The monoisotopic (exact) mass is 258 g/mol. The molecule has 1 aromatic carbocycles. The van der Waals surface area contributed by atoms with Gasteiger partial charge in [0.2, 0.25) is 5.91 Å². The summed E-state index contributed by atoms with van der Waals surface area (Å²) in [6, 6.07) is 9.17. The normalized spacial score (nSPS) is 19.6. The predicted molar refractivity (Wildman–Crippen MR) is 73.9 cm³/mol. The number of rotatable bonds is 3. The highest BCUT2D eigenvalue weighted by atomic mass is 16.2. The van der Waals surface area contributed by atoms with E-state index in [1.54, 1.807) is 11.0 Å². The smallest absolute Gasteiger partial charge is 0.245 e. The predicted octanol–water partition coefficient (Wildman–Crippen LogP) is 0.425. The van der Waals surface area contributed by atoms with Gasteiger partial charge in [-0.25, -0.2) is 0 Å². The van der Waals surface area contributed by atoms with Crippen LogP contribution in [0.4, 0.5) is 5.69 Å². The molecule has 1 aliphatic rings. The molecule has 1 heterocycles. The van der Waals surface area contributed by atoms with Crippen LogP contribution in [0.1, 0.15) is 5.56 Å². The molecule has 5 heteroatoms. The average Bonchev–Trinajstić information content (AvgIpc) is 2.41. The summed E-state index contributed by atoms with van der Waals surface area (Å²) in [5, 5.41) is 12.4. The molecular formula is C14H18N4O. The number of hydrogen-bond donors (Lipinski definition) is 1. The van der Waals surface area contributed by atoms with Gasteiger partial charge >= 0.3 is 0 Å². The molecule has 1 amide bonds. The first-order chi connectivity index (χ1) is 9.13. The van der Waals surface area contributed by atoms with Crippen LogP contribution in [0.2, 0.25) is 0 Å². The first-order valence-corrected chi connectivity index (χ1v) is 6.32. The van der Waals surface area contributed by atoms with Gasteiger partial charge in [-0.1, -0.05) is 12.1 Å². The lowest BCUT2D eigenvalue weighted by molar-refractivity contribution is -0.121. The number of benzene rings is 1. The van der Waals surface area contributed by atoms with Crippen LogP contribution >= 0.6 is 0 Å². The largest absolute Gasteiger partial charge is 0.308 e. The number of nitrogens with one attached hydrogen (secondary N) is 1. The summed E-state index contributed by atoms with van der Waals surface area (Å²) in [7, 11) is 3.88. The fourth-order valence-corrected chi connectivity index (χ4v) is 2.29. The second kappa shape index (κ2) is 5.83. The van der Waals surface area contributed by atoms with Crippen molar-refractivity contribution < 1.29 is 4.79 Å². The van der Waals surface area contributed by atoms with Gasteiger partial charge < -0.3 is 15.1 Å². The number of para-hydroxylation sites is 1. The fourth-order valence-electron chi connectivity index (χ4n) is 2.29. The molecular weight excluding hydrogens is 240 g/mol. The Morgan fingerprint density at radius 2 is 2.21 bits per heavy atom. The lowest BCUT2D eigenvalue weighted by atomic mass is 10.1. The van der Waals surface area contributed by atoms with Crippen molar-refractivity contribution in [1.29, 1.82) is 5.26 Å². The van der Waals surface area contributed by atoms with Crippen molar-refractivity contribution in [2.24, 2.45) is 0 Å².